The van der Waals surface area contributed by atoms with Crippen molar-refractivity contribution >= 4 is 46.7 Å². The Balaban J connectivity index is 0.00000243. The van der Waals surface area contributed by atoms with Crippen molar-refractivity contribution in [2.24, 2.45) is 0 Å². The van der Waals surface area contributed by atoms with E-state index in [0.717, 1.165) is 0 Å². The molecule has 3 N–H and O–H groups in total. The van der Waals surface area contributed by atoms with Gasteiger partial charge in [0, 0.05) is 17.1 Å². The predicted molar refractivity (Wildman–Crippen MR) is 98.7 cm³/mol. The van der Waals surface area contributed by atoms with Gasteiger partial charge in [-0.05, 0) is 36.8 Å². The standard InChI is InChI=1S/C17H15FN4O3.ClH/c1-9-5-12(18)14(7-15(9)25-17(23)24-2)22-16-11-4-3-10(19)6-13(11)20-8-21-16;/h3-8H,19H2,1-2H3,(H,20,21,22);1H. The molecule has 0 atom stereocenters. The molecule has 1 aromatic heterocycles. The van der Waals surface area contributed by atoms with Crippen LogP contribution in [-0.2, 0) is 4.74 Å². The number of rotatable bonds is 3. The molecular formula is C17H16ClFN4O3. The summed E-state index contributed by atoms with van der Waals surface area (Å²) < 4.78 is 23.8. The number of benzene rings is 2. The van der Waals surface area contributed by atoms with Crippen molar-refractivity contribution in [3.8, 4) is 5.75 Å². The highest BCUT2D eigenvalue weighted by Gasteiger charge is 2.14. The van der Waals surface area contributed by atoms with Crippen LogP contribution >= 0.6 is 12.4 Å². The first-order chi connectivity index (χ1) is 12.0. The van der Waals surface area contributed by atoms with Crippen LogP contribution in [0.5, 0.6) is 5.75 Å². The van der Waals surface area contributed by atoms with Crippen LogP contribution in [0.15, 0.2) is 36.7 Å². The second-order valence-corrected chi connectivity index (χ2v) is 5.28. The molecule has 3 rings (SSSR count). The third-order valence-electron chi connectivity index (χ3n) is 3.54. The first-order valence-electron chi connectivity index (χ1n) is 7.31. The maximum Gasteiger partial charge on any atom is 0.513 e. The molecule has 0 unspecified atom stereocenters. The Morgan fingerprint density at radius 3 is 2.73 bits per heavy atom. The molecule has 3 aromatic rings. The zero-order valence-electron chi connectivity index (χ0n) is 13.9. The normalized spacial score (nSPS) is 10.1. The number of anilines is 3. The maximum atomic E-state index is 14.3. The molecule has 9 heteroatoms. The molecule has 0 bridgehead atoms. The van der Waals surface area contributed by atoms with Gasteiger partial charge in [0.1, 0.15) is 23.7 Å². The highest BCUT2D eigenvalue weighted by Crippen LogP contribution is 2.30. The van der Waals surface area contributed by atoms with E-state index in [9.17, 15) is 9.18 Å². The van der Waals surface area contributed by atoms with E-state index in [4.69, 9.17) is 10.5 Å². The van der Waals surface area contributed by atoms with E-state index in [2.05, 4.69) is 20.0 Å². The maximum absolute atomic E-state index is 14.3. The second-order valence-electron chi connectivity index (χ2n) is 5.28. The number of carbonyl (C=O) groups excluding carboxylic acids is 1. The number of hydrogen-bond acceptors (Lipinski definition) is 7. The molecule has 0 spiro atoms. The average molecular weight is 379 g/mol. The minimum atomic E-state index is -0.886. The van der Waals surface area contributed by atoms with Gasteiger partial charge in [0.15, 0.2) is 0 Å². The fraction of sp³-hybridized carbons (Fsp3) is 0.118. The van der Waals surface area contributed by atoms with E-state index < -0.39 is 12.0 Å². The highest BCUT2D eigenvalue weighted by molar-refractivity contribution is 5.92. The zero-order valence-corrected chi connectivity index (χ0v) is 14.8. The first kappa shape index (κ1) is 19.2. The number of nitrogens with one attached hydrogen (secondary N) is 1. The lowest BCUT2D eigenvalue weighted by atomic mass is 10.1. The summed E-state index contributed by atoms with van der Waals surface area (Å²) in [5.74, 6) is 0.0621. The monoisotopic (exact) mass is 378 g/mol. The fourth-order valence-electron chi connectivity index (χ4n) is 2.29. The minimum absolute atomic E-state index is 0. The number of aryl methyl sites for hydroxylation is 1. The number of aromatic nitrogens is 2. The number of nitrogen functional groups attached to an aromatic ring is 1. The summed E-state index contributed by atoms with van der Waals surface area (Å²) >= 11 is 0. The van der Waals surface area contributed by atoms with Gasteiger partial charge >= 0.3 is 6.16 Å². The number of ether oxygens (including phenoxy) is 2. The zero-order chi connectivity index (χ0) is 18.0. The van der Waals surface area contributed by atoms with E-state index in [1.165, 1.54) is 25.6 Å². The summed E-state index contributed by atoms with van der Waals surface area (Å²) in [5, 5.41) is 3.57. The van der Waals surface area contributed by atoms with Gasteiger partial charge in [0.05, 0.1) is 18.3 Å². The van der Waals surface area contributed by atoms with E-state index >= 15 is 0 Å². The molecule has 2 aromatic carbocycles. The fourth-order valence-corrected chi connectivity index (χ4v) is 2.29. The molecule has 0 fully saturated rings. The molecule has 0 saturated carbocycles. The molecule has 0 aliphatic heterocycles. The molecular weight excluding hydrogens is 363 g/mol. The van der Waals surface area contributed by atoms with E-state index in [0.29, 0.717) is 28.0 Å². The average Bonchev–Trinajstić information content (AvgIpc) is 2.58. The van der Waals surface area contributed by atoms with Gasteiger partial charge in [-0.1, -0.05) is 0 Å². The largest absolute Gasteiger partial charge is 0.513 e. The molecule has 7 nitrogen and oxygen atoms in total. The molecule has 0 amide bonds. The van der Waals surface area contributed by atoms with Crippen molar-refractivity contribution in [2.75, 3.05) is 18.2 Å². The van der Waals surface area contributed by atoms with Crippen molar-refractivity contribution in [3.63, 3.8) is 0 Å². The van der Waals surface area contributed by atoms with Gasteiger partial charge in [-0.2, -0.15) is 0 Å². The number of methoxy groups -OCH3 is 1. The third-order valence-corrected chi connectivity index (χ3v) is 3.54. The van der Waals surface area contributed by atoms with Gasteiger partial charge in [-0.3, -0.25) is 0 Å². The minimum Gasteiger partial charge on any atom is -0.437 e. The summed E-state index contributed by atoms with van der Waals surface area (Å²) in [6.45, 7) is 1.62. The van der Waals surface area contributed by atoms with Crippen molar-refractivity contribution in [2.45, 2.75) is 6.92 Å². The number of carbonyl (C=O) groups is 1. The molecule has 0 aliphatic rings. The molecule has 0 radical (unpaired) electrons. The quantitative estimate of drug-likeness (QED) is 0.404. The Kier molecular flexibility index (Phi) is 5.78. The van der Waals surface area contributed by atoms with Crippen molar-refractivity contribution < 1.29 is 18.7 Å². The summed E-state index contributed by atoms with van der Waals surface area (Å²) in [6.07, 6.45) is 0.464. The lowest BCUT2D eigenvalue weighted by Gasteiger charge is -2.12. The van der Waals surface area contributed by atoms with Crippen molar-refractivity contribution in [1.82, 2.24) is 9.97 Å². The molecule has 26 heavy (non-hydrogen) atoms. The lowest BCUT2D eigenvalue weighted by molar-refractivity contribution is 0.121. The highest BCUT2D eigenvalue weighted by atomic mass is 35.5. The van der Waals surface area contributed by atoms with Crippen LogP contribution in [0.3, 0.4) is 0 Å². The van der Waals surface area contributed by atoms with E-state index in [-0.39, 0.29) is 23.8 Å². The number of nitrogens with zero attached hydrogens (tertiary/aromatic N) is 2. The van der Waals surface area contributed by atoms with Crippen LogP contribution in [0.2, 0.25) is 0 Å². The summed E-state index contributed by atoms with van der Waals surface area (Å²) in [7, 11) is 1.19. The van der Waals surface area contributed by atoms with Crippen molar-refractivity contribution in [1.29, 1.82) is 0 Å². The third kappa shape index (κ3) is 3.92. The van der Waals surface area contributed by atoms with Gasteiger partial charge in [-0.15, -0.1) is 12.4 Å². The van der Waals surface area contributed by atoms with Crippen LogP contribution in [0.1, 0.15) is 5.56 Å². The van der Waals surface area contributed by atoms with E-state index in [1.807, 2.05) is 0 Å². The lowest BCUT2D eigenvalue weighted by Crippen LogP contribution is -2.09. The molecule has 136 valence electrons. The Hall–Kier alpha value is -3.13. The van der Waals surface area contributed by atoms with Crippen LogP contribution in [0.25, 0.3) is 10.9 Å². The van der Waals surface area contributed by atoms with Crippen molar-refractivity contribution in [3.05, 3.63) is 48.0 Å². The SMILES string of the molecule is COC(=O)Oc1cc(Nc2ncnc3cc(N)ccc23)c(F)cc1C.Cl. The van der Waals surface area contributed by atoms with E-state index in [1.54, 1.807) is 25.1 Å². The van der Waals surface area contributed by atoms with Gasteiger partial charge in [0.2, 0.25) is 0 Å². The Morgan fingerprint density at radius 1 is 1.23 bits per heavy atom. The number of hydrogen-bond donors (Lipinski definition) is 2. The number of fused-ring (bicyclic) bond motifs is 1. The van der Waals surface area contributed by atoms with Crippen LogP contribution < -0.4 is 15.8 Å². The Labute approximate surface area is 154 Å². The van der Waals surface area contributed by atoms with Crippen LogP contribution in [0, 0.1) is 12.7 Å². The predicted octanol–water partition coefficient (Wildman–Crippen LogP) is 3.97. The second kappa shape index (κ2) is 7.83. The summed E-state index contributed by atoms with van der Waals surface area (Å²) in [4.78, 5) is 19.6. The van der Waals surface area contributed by atoms with Crippen LogP contribution in [-0.4, -0.2) is 23.2 Å². The smallest absolute Gasteiger partial charge is 0.437 e. The molecule has 0 saturated heterocycles. The van der Waals surface area contributed by atoms with Gasteiger partial charge in [0.25, 0.3) is 0 Å². The van der Waals surface area contributed by atoms with Gasteiger partial charge < -0.3 is 20.5 Å². The first-order valence-corrected chi connectivity index (χ1v) is 7.31. The number of halogens is 2. The summed E-state index contributed by atoms with van der Waals surface area (Å²) in [5.41, 5.74) is 7.48. The Morgan fingerprint density at radius 2 is 2.00 bits per heavy atom. The topological polar surface area (TPSA) is 99.4 Å². The number of nitrogens with two attached hydrogens (primary N) is 1. The summed E-state index contributed by atoms with van der Waals surface area (Å²) in [6, 6.07) is 7.76. The van der Waals surface area contributed by atoms with Gasteiger partial charge in [-0.25, -0.2) is 19.2 Å². The molecule has 0 aliphatic carbocycles. The Bertz CT molecular complexity index is 968. The molecule has 1 heterocycles. The van der Waals surface area contributed by atoms with Crippen LogP contribution in [0.4, 0.5) is 26.4 Å².